The number of carbonyl (C=O) groups excluding carboxylic acids is 2. The molecule has 1 N–H and O–H groups in total. The van der Waals surface area contributed by atoms with Crippen LogP contribution in [0.2, 0.25) is 5.02 Å². The number of carbonyl (C=O) groups is 2. The first-order valence-corrected chi connectivity index (χ1v) is 9.29. The third-order valence-electron chi connectivity index (χ3n) is 4.90. The van der Waals surface area contributed by atoms with E-state index >= 15 is 0 Å². The van der Waals surface area contributed by atoms with E-state index in [2.05, 4.69) is 5.32 Å². The van der Waals surface area contributed by atoms with Crippen LogP contribution in [0.1, 0.15) is 11.6 Å². The number of ether oxygens (including phenoxy) is 1. The minimum atomic E-state index is -0.212. The van der Waals surface area contributed by atoms with Crippen LogP contribution in [0, 0.1) is 0 Å². The molecule has 2 amide bonds. The van der Waals surface area contributed by atoms with Crippen LogP contribution in [0.15, 0.2) is 48.5 Å². The maximum atomic E-state index is 13.1. The number of fused-ring (bicyclic) bond motifs is 1. The van der Waals surface area contributed by atoms with Crippen molar-refractivity contribution in [1.29, 1.82) is 0 Å². The van der Waals surface area contributed by atoms with E-state index < -0.39 is 0 Å². The molecule has 2 aromatic rings. The van der Waals surface area contributed by atoms with Crippen molar-refractivity contribution in [3.63, 3.8) is 0 Å². The molecule has 1 unspecified atom stereocenters. The molecule has 8 heteroatoms. The van der Waals surface area contributed by atoms with Crippen LogP contribution in [0.5, 0.6) is 5.75 Å². The molecular formula is C20H21Cl2N3O3. The number of anilines is 1. The summed E-state index contributed by atoms with van der Waals surface area (Å²) < 4.78 is 5.46. The number of para-hydroxylation sites is 2. The number of amides is 2. The lowest BCUT2D eigenvalue weighted by molar-refractivity contribution is -0.134. The smallest absolute Gasteiger partial charge is 0.265 e. The number of benzene rings is 2. The molecule has 6 nitrogen and oxygen atoms in total. The topological polar surface area (TPSA) is 61.9 Å². The quantitative estimate of drug-likeness (QED) is 0.827. The molecule has 0 spiro atoms. The molecule has 0 aromatic heterocycles. The lowest BCUT2D eigenvalue weighted by Crippen LogP contribution is -2.53. The van der Waals surface area contributed by atoms with Gasteiger partial charge in [-0.3, -0.25) is 14.5 Å². The van der Waals surface area contributed by atoms with Gasteiger partial charge in [-0.05, 0) is 29.8 Å². The van der Waals surface area contributed by atoms with Crippen molar-refractivity contribution in [3.05, 3.63) is 59.1 Å². The molecule has 1 saturated heterocycles. The van der Waals surface area contributed by atoms with Gasteiger partial charge in [0.1, 0.15) is 12.3 Å². The molecular weight excluding hydrogens is 401 g/mol. The summed E-state index contributed by atoms with van der Waals surface area (Å²) in [6.45, 7) is 1.90. The standard InChI is InChI=1S/C20H20ClN3O3.ClH/c21-15-5-3-4-14(10-15)17-11-22-8-9-23(17)19(25)12-24-16-6-1-2-7-18(16)27-13-20(24)26;/h1-7,10,17,22H,8-9,11-13H2;1H. The minimum Gasteiger partial charge on any atom is -0.482 e. The van der Waals surface area contributed by atoms with Crippen LogP contribution in [0.25, 0.3) is 0 Å². The number of hydrogen-bond donors (Lipinski definition) is 1. The molecule has 0 radical (unpaired) electrons. The van der Waals surface area contributed by atoms with Crippen molar-refractivity contribution in [2.45, 2.75) is 6.04 Å². The molecule has 2 aromatic carbocycles. The van der Waals surface area contributed by atoms with E-state index in [1.807, 2.05) is 41.3 Å². The van der Waals surface area contributed by atoms with E-state index in [4.69, 9.17) is 16.3 Å². The molecule has 2 aliphatic heterocycles. The second-order valence-electron chi connectivity index (χ2n) is 6.60. The van der Waals surface area contributed by atoms with Crippen molar-refractivity contribution in [1.82, 2.24) is 10.2 Å². The van der Waals surface area contributed by atoms with E-state index in [0.29, 0.717) is 29.5 Å². The van der Waals surface area contributed by atoms with Gasteiger partial charge >= 0.3 is 0 Å². The van der Waals surface area contributed by atoms with E-state index in [-0.39, 0.29) is 43.4 Å². The van der Waals surface area contributed by atoms with Crippen LogP contribution >= 0.6 is 24.0 Å². The van der Waals surface area contributed by atoms with Gasteiger partial charge in [0.25, 0.3) is 5.91 Å². The predicted octanol–water partition coefficient (Wildman–Crippen LogP) is 2.66. The van der Waals surface area contributed by atoms with Gasteiger partial charge in [0.15, 0.2) is 6.61 Å². The second-order valence-corrected chi connectivity index (χ2v) is 7.03. The van der Waals surface area contributed by atoms with Crippen molar-refractivity contribution in [2.75, 3.05) is 37.7 Å². The molecule has 2 aliphatic rings. The Morgan fingerprint density at radius 3 is 2.86 bits per heavy atom. The molecule has 0 aliphatic carbocycles. The summed E-state index contributed by atoms with van der Waals surface area (Å²) in [6, 6.07) is 14.7. The van der Waals surface area contributed by atoms with Gasteiger partial charge in [-0.1, -0.05) is 35.9 Å². The van der Waals surface area contributed by atoms with Crippen LogP contribution in [0.4, 0.5) is 5.69 Å². The summed E-state index contributed by atoms with van der Waals surface area (Å²) >= 11 is 6.13. The van der Waals surface area contributed by atoms with Crippen molar-refractivity contribution >= 4 is 41.5 Å². The van der Waals surface area contributed by atoms with Crippen molar-refractivity contribution in [3.8, 4) is 5.75 Å². The number of rotatable bonds is 3. The highest BCUT2D eigenvalue weighted by Crippen LogP contribution is 2.32. The molecule has 28 heavy (non-hydrogen) atoms. The second kappa shape index (κ2) is 8.82. The lowest BCUT2D eigenvalue weighted by Gasteiger charge is -2.38. The van der Waals surface area contributed by atoms with Crippen LogP contribution in [-0.2, 0) is 9.59 Å². The Balaban J connectivity index is 0.00000225. The van der Waals surface area contributed by atoms with E-state index in [0.717, 1.165) is 12.1 Å². The average Bonchev–Trinajstić information content (AvgIpc) is 2.70. The predicted molar refractivity (Wildman–Crippen MR) is 110 cm³/mol. The Labute approximate surface area is 174 Å². The number of nitrogens with zero attached hydrogens (tertiary/aromatic N) is 2. The van der Waals surface area contributed by atoms with E-state index in [1.54, 1.807) is 12.1 Å². The summed E-state index contributed by atoms with van der Waals surface area (Å²) in [5.74, 6) is 0.319. The van der Waals surface area contributed by atoms with Gasteiger partial charge in [-0.25, -0.2) is 0 Å². The average molecular weight is 422 g/mol. The van der Waals surface area contributed by atoms with Gasteiger partial charge in [0.2, 0.25) is 5.91 Å². The molecule has 0 saturated carbocycles. The Morgan fingerprint density at radius 2 is 2.04 bits per heavy atom. The summed E-state index contributed by atoms with van der Waals surface area (Å²) in [4.78, 5) is 28.8. The monoisotopic (exact) mass is 421 g/mol. The minimum absolute atomic E-state index is 0. The molecule has 1 fully saturated rings. The van der Waals surface area contributed by atoms with Gasteiger partial charge in [-0.2, -0.15) is 0 Å². The highest BCUT2D eigenvalue weighted by atomic mass is 35.5. The lowest BCUT2D eigenvalue weighted by atomic mass is 10.0. The molecule has 0 bridgehead atoms. The fourth-order valence-electron chi connectivity index (χ4n) is 3.57. The van der Waals surface area contributed by atoms with Gasteiger partial charge in [0.05, 0.1) is 11.7 Å². The summed E-state index contributed by atoms with van der Waals surface area (Å²) in [6.07, 6.45) is 0. The number of hydrogen-bond acceptors (Lipinski definition) is 4. The van der Waals surface area contributed by atoms with E-state index in [1.165, 1.54) is 4.90 Å². The molecule has 4 rings (SSSR count). The first-order chi connectivity index (χ1) is 13.1. The zero-order valence-corrected chi connectivity index (χ0v) is 16.7. The third-order valence-corrected chi connectivity index (χ3v) is 5.13. The van der Waals surface area contributed by atoms with Crippen molar-refractivity contribution < 1.29 is 14.3 Å². The first kappa shape index (κ1) is 20.5. The Kier molecular flexibility index (Phi) is 6.44. The Morgan fingerprint density at radius 1 is 1.21 bits per heavy atom. The van der Waals surface area contributed by atoms with Gasteiger partial charge < -0.3 is 15.0 Å². The Hall–Kier alpha value is -2.28. The largest absolute Gasteiger partial charge is 0.482 e. The maximum absolute atomic E-state index is 13.1. The highest BCUT2D eigenvalue weighted by molar-refractivity contribution is 6.30. The summed E-state index contributed by atoms with van der Waals surface area (Å²) in [7, 11) is 0. The summed E-state index contributed by atoms with van der Waals surface area (Å²) in [5.41, 5.74) is 1.62. The number of piperazine rings is 1. The van der Waals surface area contributed by atoms with E-state index in [9.17, 15) is 9.59 Å². The maximum Gasteiger partial charge on any atom is 0.265 e. The van der Waals surface area contributed by atoms with Gasteiger partial charge in [-0.15, -0.1) is 12.4 Å². The Bertz CT molecular complexity index is 877. The summed E-state index contributed by atoms with van der Waals surface area (Å²) in [5, 5.41) is 3.97. The first-order valence-electron chi connectivity index (χ1n) is 8.91. The van der Waals surface area contributed by atoms with Crippen LogP contribution in [-0.4, -0.2) is 49.5 Å². The molecule has 2 heterocycles. The van der Waals surface area contributed by atoms with Crippen LogP contribution in [0.3, 0.4) is 0 Å². The zero-order valence-electron chi connectivity index (χ0n) is 15.1. The van der Waals surface area contributed by atoms with Crippen molar-refractivity contribution in [2.24, 2.45) is 0 Å². The van der Waals surface area contributed by atoms with Crippen LogP contribution < -0.4 is 15.0 Å². The zero-order chi connectivity index (χ0) is 18.8. The van der Waals surface area contributed by atoms with Gasteiger partial charge in [0, 0.05) is 24.7 Å². The number of halogens is 2. The third kappa shape index (κ3) is 4.09. The highest BCUT2D eigenvalue weighted by Gasteiger charge is 2.32. The molecule has 148 valence electrons. The fourth-order valence-corrected chi connectivity index (χ4v) is 3.77. The SMILES string of the molecule is Cl.O=C1COc2ccccc2N1CC(=O)N1CCNCC1c1cccc(Cl)c1. The fraction of sp³-hybridized carbons (Fsp3) is 0.300. The normalized spacial score (nSPS) is 18.8. The number of nitrogens with one attached hydrogen (secondary N) is 1. The molecule has 1 atom stereocenters.